The highest BCUT2D eigenvalue weighted by Crippen LogP contribution is 2.26. The van der Waals surface area contributed by atoms with E-state index in [1.807, 2.05) is 34.7 Å². The van der Waals surface area contributed by atoms with Crippen LogP contribution >= 0.6 is 11.6 Å². The summed E-state index contributed by atoms with van der Waals surface area (Å²) in [7, 11) is 0. The van der Waals surface area contributed by atoms with Crippen molar-refractivity contribution in [3.05, 3.63) is 52.6 Å². The monoisotopic (exact) mass is 289 g/mol. The number of hydrogen-bond acceptors (Lipinski definition) is 2. The van der Waals surface area contributed by atoms with Crippen molar-refractivity contribution in [1.29, 1.82) is 0 Å². The minimum absolute atomic E-state index is 0.0255. The summed E-state index contributed by atoms with van der Waals surface area (Å²) in [6.07, 6.45) is 4.34. The van der Waals surface area contributed by atoms with Crippen LogP contribution in [-0.4, -0.2) is 26.9 Å². The Balaban J connectivity index is 1.87. The Labute approximate surface area is 123 Å². The van der Waals surface area contributed by atoms with Crippen LogP contribution in [0.15, 0.2) is 30.6 Å². The lowest BCUT2D eigenvalue weighted by Gasteiger charge is -2.29. The van der Waals surface area contributed by atoms with Gasteiger partial charge in [0.05, 0.1) is 0 Å². The zero-order chi connectivity index (χ0) is 14.1. The van der Waals surface area contributed by atoms with Crippen LogP contribution < -0.4 is 0 Å². The van der Waals surface area contributed by atoms with Crippen molar-refractivity contribution in [2.45, 2.75) is 26.4 Å². The van der Waals surface area contributed by atoms with E-state index in [-0.39, 0.29) is 5.91 Å². The summed E-state index contributed by atoms with van der Waals surface area (Å²) in [6, 6.07) is 5.92. The fraction of sp³-hybridized carbons (Fsp3) is 0.333. The van der Waals surface area contributed by atoms with Crippen LogP contribution in [0.3, 0.4) is 0 Å². The van der Waals surface area contributed by atoms with Crippen molar-refractivity contribution in [2.75, 3.05) is 6.54 Å². The smallest absolute Gasteiger partial charge is 0.290 e. The molecule has 2 heterocycles. The van der Waals surface area contributed by atoms with Crippen LogP contribution in [0, 0.1) is 0 Å². The van der Waals surface area contributed by atoms with Gasteiger partial charge in [0.1, 0.15) is 0 Å². The number of fused-ring (bicyclic) bond motifs is 1. The van der Waals surface area contributed by atoms with Crippen molar-refractivity contribution in [3.63, 3.8) is 0 Å². The third-order valence-electron chi connectivity index (χ3n) is 3.75. The molecule has 1 aromatic heterocycles. The summed E-state index contributed by atoms with van der Waals surface area (Å²) in [4.78, 5) is 18.6. The van der Waals surface area contributed by atoms with Gasteiger partial charge in [-0.3, -0.25) is 4.79 Å². The lowest BCUT2D eigenvalue weighted by atomic mass is 10.00. The molecule has 0 bridgehead atoms. The molecule has 2 aromatic rings. The van der Waals surface area contributed by atoms with E-state index in [1.165, 1.54) is 5.56 Å². The van der Waals surface area contributed by atoms with E-state index in [1.54, 1.807) is 6.20 Å². The maximum absolute atomic E-state index is 12.6. The molecule has 5 heteroatoms. The quantitative estimate of drug-likeness (QED) is 0.852. The number of nitrogens with zero attached hydrogens (tertiary/aromatic N) is 3. The van der Waals surface area contributed by atoms with Gasteiger partial charge in [0, 0.05) is 37.1 Å². The first-order valence-corrected chi connectivity index (χ1v) is 7.15. The van der Waals surface area contributed by atoms with Crippen LogP contribution in [0.4, 0.5) is 0 Å². The van der Waals surface area contributed by atoms with E-state index in [4.69, 9.17) is 11.6 Å². The van der Waals surface area contributed by atoms with Gasteiger partial charge in [0.15, 0.2) is 5.82 Å². The number of halogens is 1. The van der Waals surface area contributed by atoms with Gasteiger partial charge in [-0.05, 0) is 30.5 Å². The minimum Gasteiger partial charge on any atom is -0.331 e. The SMILES string of the molecule is CCn1ccnc1C(=O)N1CCc2cccc(Cl)c2C1. The summed E-state index contributed by atoms with van der Waals surface area (Å²) < 4.78 is 1.87. The van der Waals surface area contributed by atoms with Gasteiger partial charge in [0.25, 0.3) is 5.91 Å². The Morgan fingerprint density at radius 1 is 1.45 bits per heavy atom. The number of rotatable bonds is 2. The van der Waals surface area contributed by atoms with Crippen molar-refractivity contribution < 1.29 is 4.79 Å². The topological polar surface area (TPSA) is 38.1 Å². The third-order valence-corrected chi connectivity index (χ3v) is 4.10. The zero-order valence-electron chi connectivity index (χ0n) is 11.3. The maximum atomic E-state index is 12.6. The number of hydrogen-bond donors (Lipinski definition) is 0. The molecule has 1 aliphatic heterocycles. The van der Waals surface area contributed by atoms with Crippen molar-refractivity contribution >= 4 is 17.5 Å². The van der Waals surface area contributed by atoms with Gasteiger partial charge < -0.3 is 9.47 Å². The number of carbonyl (C=O) groups is 1. The summed E-state index contributed by atoms with van der Waals surface area (Å²) in [6.45, 7) is 4.01. The van der Waals surface area contributed by atoms with Crippen molar-refractivity contribution in [2.24, 2.45) is 0 Å². The van der Waals surface area contributed by atoms with Gasteiger partial charge in [-0.15, -0.1) is 0 Å². The largest absolute Gasteiger partial charge is 0.331 e. The fourth-order valence-electron chi connectivity index (χ4n) is 2.62. The molecule has 0 atom stereocenters. The highest BCUT2D eigenvalue weighted by Gasteiger charge is 2.25. The summed E-state index contributed by atoms with van der Waals surface area (Å²) in [5, 5.41) is 0.735. The lowest BCUT2D eigenvalue weighted by Crippen LogP contribution is -2.37. The van der Waals surface area contributed by atoms with Crippen LogP contribution in [0.25, 0.3) is 0 Å². The Kier molecular flexibility index (Phi) is 3.49. The molecule has 1 amide bonds. The predicted octanol–water partition coefficient (Wildman–Crippen LogP) is 2.75. The average Bonchev–Trinajstić information content (AvgIpc) is 2.95. The van der Waals surface area contributed by atoms with E-state index in [2.05, 4.69) is 11.1 Å². The van der Waals surface area contributed by atoms with Crippen molar-refractivity contribution in [1.82, 2.24) is 14.5 Å². The lowest BCUT2D eigenvalue weighted by molar-refractivity contribution is 0.0717. The summed E-state index contributed by atoms with van der Waals surface area (Å²) >= 11 is 6.24. The van der Waals surface area contributed by atoms with E-state index < -0.39 is 0 Å². The number of amides is 1. The number of carbonyl (C=O) groups excluding carboxylic acids is 1. The predicted molar refractivity (Wildman–Crippen MR) is 77.8 cm³/mol. The molecule has 1 aliphatic rings. The highest BCUT2D eigenvalue weighted by molar-refractivity contribution is 6.31. The van der Waals surface area contributed by atoms with Gasteiger partial charge in [-0.2, -0.15) is 0 Å². The molecule has 0 fully saturated rings. The van der Waals surface area contributed by atoms with E-state index in [0.717, 1.165) is 23.6 Å². The zero-order valence-corrected chi connectivity index (χ0v) is 12.1. The first kappa shape index (κ1) is 13.2. The average molecular weight is 290 g/mol. The normalized spacial score (nSPS) is 14.2. The molecule has 0 saturated carbocycles. The summed E-state index contributed by atoms with van der Waals surface area (Å²) in [5.74, 6) is 0.477. The van der Waals surface area contributed by atoms with Crippen LogP contribution in [0.2, 0.25) is 5.02 Å². The second kappa shape index (κ2) is 5.29. The van der Waals surface area contributed by atoms with Gasteiger partial charge in [-0.1, -0.05) is 23.7 Å². The van der Waals surface area contributed by atoms with Crippen molar-refractivity contribution in [3.8, 4) is 0 Å². The van der Waals surface area contributed by atoms with Gasteiger partial charge >= 0.3 is 0 Å². The van der Waals surface area contributed by atoms with Gasteiger partial charge in [-0.25, -0.2) is 4.98 Å². The molecular weight excluding hydrogens is 274 g/mol. The van der Waals surface area contributed by atoms with Crippen LogP contribution in [0.5, 0.6) is 0 Å². The fourth-order valence-corrected chi connectivity index (χ4v) is 2.87. The second-order valence-corrected chi connectivity index (χ2v) is 5.30. The van der Waals surface area contributed by atoms with E-state index >= 15 is 0 Å². The molecule has 20 heavy (non-hydrogen) atoms. The molecule has 0 spiro atoms. The minimum atomic E-state index is -0.0255. The van der Waals surface area contributed by atoms with Gasteiger partial charge in [0.2, 0.25) is 0 Å². The number of benzene rings is 1. The summed E-state index contributed by atoms with van der Waals surface area (Å²) in [5.41, 5.74) is 2.30. The molecule has 1 aromatic carbocycles. The molecule has 0 unspecified atom stereocenters. The Morgan fingerprint density at radius 3 is 3.10 bits per heavy atom. The number of aryl methyl sites for hydroxylation is 1. The Morgan fingerprint density at radius 2 is 2.30 bits per heavy atom. The molecule has 4 nitrogen and oxygen atoms in total. The standard InChI is InChI=1S/C15H16ClN3O/c1-2-18-9-7-17-14(18)15(20)19-8-6-11-4-3-5-13(16)12(11)10-19/h3-5,7,9H,2,6,8,10H2,1H3. The maximum Gasteiger partial charge on any atom is 0.290 e. The highest BCUT2D eigenvalue weighted by atomic mass is 35.5. The molecule has 0 N–H and O–H groups in total. The third kappa shape index (κ3) is 2.20. The number of imidazole rings is 1. The van der Waals surface area contributed by atoms with E-state index in [9.17, 15) is 4.79 Å². The number of aromatic nitrogens is 2. The molecule has 0 radical (unpaired) electrons. The molecule has 0 aliphatic carbocycles. The Bertz CT molecular complexity index is 650. The first-order chi connectivity index (χ1) is 9.70. The first-order valence-electron chi connectivity index (χ1n) is 6.77. The van der Waals surface area contributed by atoms with Crippen LogP contribution in [0.1, 0.15) is 28.7 Å². The second-order valence-electron chi connectivity index (χ2n) is 4.89. The molecule has 104 valence electrons. The molecule has 0 saturated heterocycles. The van der Waals surface area contributed by atoms with E-state index in [0.29, 0.717) is 18.9 Å². The Hall–Kier alpha value is -1.81. The molecule has 3 rings (SSSR count). The van der Waals surface area contributed by atoms with Crippen LogP contribution in [-0.2, 0) is 19.5 Å². The molecular formula is C15H16ClN3O.